The van der Waals surface area contributed by atoms with Crippen LogP contribution in [0.5, 0.6) is 0 Å². The lowest BCUT2D eigenvalue weighted by atomic mass is 10.00. The molecule has 1 N–H and O–H groups in total. The molecule has 3 heteroatoms. The molecular weight excluding hydrogens is 194 g/mol. The maximum atomic E-state index is 9.46. The molecule has 2 unspecified atom stereocenters. The molecule has 1 rings (SSSR count). The molecule has 0 aromatic carbocycles. The molecule has 2 atom stereocenters. The van der Waals surface area contributed by atoms with E-state index >= 15 is 0 Å². The van der Waals surface area contributed by atoms with Gasteiger partial charge in [-0.2, -0.15) is 0 Å². The Labute approximate surface area is 89.0 Å². The number of aliphatic hydroxyl groups is 1. The van der Waals surface area contributed by atoms with Crippen molar-refractivity contribution in [3.8, 4) is 11.8 Å². The first-order valence-electron chi connectivity index (χ1n) is 4.70. The molecule has 1 aromatic heterocycles. The summed E-state index contributed by atoms with van der Waals surface area (Å²) in [5.41, 5.74) is 1.84. The molecule has 1 aromatic rings. The highest BCUT2D eigenvalue weighted by molar-refractivity contribution is 7.09. The summed E-state index contributed by atoms with van der Waals surface area (Å²) in [6.45, 7) is 3.87. The van der Waals surface area contributed by atoms with E-state index in [9.17, 15) is 5.11 Å². The van der Waals surface area contributed by atoms with E-state index in [-0.39, 0.29) is 0 Å². The first-order valence-corrected chi connectivity index (χ1v) is 5.58. The van der Waals surface area contributed by atoms with Crippen molar-refractivity contribution in [1.29, 1.82) is 0 Å². The van der Waals surface area contributed by atoms with Gasteiger partial charge in [-0.1, -0.05) is 12.8 Å². The van der Waals surface area contributed by atoms with E-state index in [1.165, 1.54) is 4.88 Å². The van der Waals surface area contributed by atoms with Crippen LogP contribution >= 0.6 is 11.3 Å². The normalized spacial score (nSPS) is 14.2. The minimum atomic E-state index is -0.483. The lowest BCUT2D eigenvalue weighted by molar-refractivity contribution is 0.199. The predicted octanol–water partition coefficient (Wildman–Crippen LogP) is 2.10. The van der Waals surface area contributed by atoms with Crippen molar-refractivity contribution >= 4 is 11.3 Å². The first kappa shape index (κ1) is 11.2. The van der Waals surface area contributed by atoms with E-state index < -0.39 is 6.10 Å². The quantitative estimate of drug-likeness (QED) is 0.770. The van der Waals surface area contributed by atoms with Crippen LogP contribution in [0.2, 0.25) is 0 Å². The summed E-state index contributed by atoms with van der Waals surface area (Å²) in [7, 11) is 0. The van der Waals surface area contributed by atoms with Crippen LogP contribution in [0.1, 0.15) is 25.1 Å². The van der Waals surface area contributed by atoms with Gasteiger partial charge in [0.2, 0.25) is 0 Å². The number of hydrogen-bond acceptors (Lipinski definition) is 3. The standard InChI is InChI=1S/C11H15NOS/c1-3-4-10(13)5-9(2)6-11-7-12-8-14-11/h7-10,13H,5-6H2,1-2H3. The van der Waals surface area contributed by atoms with Gasteiger partial charge in [-0.25, -0.2) is 0 Å². The molecule has 2 nitrogen and oxygen atoms in total. The van der Waals surface area contributed by atoms with E-state index in [0.29, 0.717) is 5.92 Å². The van der Waals surface area contributed by atoms with E-state index in [4.69, 9.17) is 0 Å². The largest absolute Gasteiger partial charge is 0.380 e. The molecule has 0 radical (unpaired) electrons. The predicted molar refractivity (Wildman–Crippen MR) is 59.1 cm³/mol. The van der Waals surface area contributed by atoms with Gasteiger partial charge in [0.25, 0.3) is 0 Å². The molecule has 0 spiro atoms. The Morgan fingerprint density at radius 3 is 3.00 bits per heavy atom. The Morgan fingerprint density at radius 2 is 2.43 bits per heavy atom. The third-order valence-corrected chi connectivity index (χ3v) is 2.77. The molecule has 0 aliphatic carbocycles. The van der Waals surface area contributed by atoms with Gasteiger partial charge >= 0.3 is 0 Å². The Kier molecular flexibility index (Phi) is 4.64. The van der Waals surface area contributed by atoms with Crippen LogP contribution in [0.4, 0.5) is 0 Å². The highest BCUT2D eigenvalue weighted by Crippen LogP contribution is 2.16. The van der Waals surface area contributed by atoms with Gasteiger partial charge < -0.3 is 5.11 Å². The summed E-state index contributed by atoms with van der Waals surface area (Å²) in [4.78, 5) is 5.29. The van der Waals surface area contributed by atoms with Gasteiger partial charge in [0.1, 0.15) is 6.10 Å². The summed E-state index contributed by atoms with van der Waals surface area (Å²) in [6, 6.07) is 0. The van der Waals surface area contributed by atoms with E-state index in [1.54, 1.807) is 18.3 Å². The summed E-state index contributed by atoms with van der Waals surface area (Å²) >= 11 is 1.66. The van der Waals surface area contributed by atoms with Crippen molar-refractivity contribution in [2.75, 3.05) is 0 Å². The first-order chi connectivity index (χ1) is 6.72. The second-order valence-electron chi connectivity index (χ2n) is 3.42. The molecule has 0 amide bonds. The van der Waals surface area contributed by atoms with E-state index in [2.05, 4.69) is 23.7 Å². The van der Waals surface area contributed by atoms with Gasteiger partial charge in [0, 0.05) is 11.1 Å². The molecule has 0 bridgehead atoms. The summed E-state index contributed by atoms with van der Waals surface area (Å²) < 4.78 is 0. The average molecular weight is 209 g/mol. The maximum absolute atomic E-state index is 9.46. The second kappa shape index (κ2) is 5.79. The Balaban J connectivity index is 2.34. The highest BCUT2D eigenvalue weighted by atomic mass is 32.1. The van der Waals surface area contributed by atoms with Crippen LogP contribution in [-0.4, -0.2) is 16.2 Å². The lowest BCUT2D eigenvalue weighted by Gasteiger charge is -2.10. The van der Waals surface area contributed by atoms with Crippen molar-refractivity contribution in [3.63, 3.8) is 0 Å². The summed E-state index contributed by atoms with van der Waals surface area (Å²) in [5.74, 6) is 5.92. The van der Waals surface area contributed by atoms with E-state index in [1.807, 2.05) is 11.7 Å². The summed E-state index contributed by atoms with van der Waals surface area (Å²) in [5, 5.41) is 9.46. The Hall–Kier alpha value is -0.850. The van der Waals surface area contributed by atoms with Crippen LogP contribution in [0.3, 0.4) is 0 Å². The summed E-state index contributed by atoms with van der Waals surface area (Å²) in [6.07, 6.45) is 3.12. The van der Waals surface area contributed by atoms with Crippen LogP contribution < -0.4 is 0 Å². The lowest BCUT2D eigenvalue weighted by Crippen LogP contribution is -2.10. The van der Waals surface area contributed by atoms with Gasteiger partial charge in [-0.15, -0.1) is 17.3 Å². The van der Waals surface area contributed by atoms with Crippen molar-refractivity contribution in [2.24, 2.45) is 5.92 Å². The zero-order chi connectivity index (χ0) is 10.4. The fourth-order valence-electron chi connectivity index (χ4n) is 1.38. The molecule has 0 saturated heterocycles. The number of hydrogen-bond donors (Lipinski definition) is 1. The second-order valence-corrected chi connectivity index (χ2v) is 4.39. The van der Waals surface area contributed by atoms with Crippen molar-refractivity contribution in [2.45, 2.75) is 32.8 Å². The smallest absolute Gasteiger partial charge is 0.115 e. The average Bonchev–Trinajstić information content (AvgIpc) is 2.56. The van der Waals surface area contributed by atoms with Gasteiger partial charge in [-0.05, 0) is 25.7 Å². The number of thiazole rings is 1. The fourth-order valence-corrected chi connectivity index (χ4v) is 2.14. The van der Waals surface area contributed by atoms with Crippen molar-refractivity contribution < 1.29 is 5.11 Å². The Morgan fingerprint density at radius 1 is 1.64 bits per heavy atom. The highest BCUT2D eigenvalue weighted by Gasteiger charge is 2.09. The van der Waals surface area contributed by atoms with Gasteiger partial charge in [-0.3, -0.25) is 4.98 Å². The number of aromatic nitrogens is 1. The topological polar surface area (TPSA) is 33.1 Å². The van der Waals surface area contributed by atoms with E-state index in [0.717, 1.165) is 12.8 Å². The fraction of sp³-hybridized carbons (Fsp3) is 0.545. The number of nitrogens with zero attached hydrogens (tertiary/aromatic N) is 1. The molecule has 0 aliphatic heterocycles. The zero-order valence-corrected chi connectivity index (χ0v) is 9.34. The zero-order valence-electron chi connectivity index (χ0n) is 8.53. The SMILES string of the molecule is CC#CC(O)CC(C)Cc1cncs1. The minimum Gasteiger partial charge on any atom is -0.380 e. The minimum absolute atomic E-state index is 0.450. The third kappa shape index (κ3) is 3.91. The molecule has 0 fully saturated rings. The van der Waals surface area contributed by atoms with Gasteiger partial charge in [0.15, 0.2) is 0 Å². The molecule has 0 saturated carbocycles. The monoisotopic (exact) mass is 209 g/mol. The van der Waals surface area contributed by atoms with Crippen LogP contribution in [0.15, 0.2) is 11.7 Å². The Bertz CT molecular complexity index is 310. The molecular formula is C11H15NOS. The van der Waals surface area contributed by atoms with Crippen LogP contribution in [0.25, 0.3) is 0 Å². The van der Waals surface area contributed by atoms with Crippen molar-refractivity contribution in [3.05, 3.63) is 16.6 Å². The van der Waals surface area contributed by atoms with Crippen LogP contribution in [0, 0.1) is 17.8 Å². The number of aliphatic hydroxyl groups excluding tert-OH is 1. The van der Waals surface area contributed by atoms with Crippen molar-refractivity contribution in [1.82, 2.24) is 4.98 Å². The molecule has 76 valence electrons. The van der Waals surface area contributed by atoms with Gasteiger partial charge in [0.05, 0.1) is 5.51 Å². The van der Waals surface area contributed by atoms with Crippen LogP contribution in [-0.2, 0) is 6.42 Å². The molecule has 1 heterocycles. The third-order valence-electron chi connectivity index (χ3n) is 1.97. The maximum Gasteiger partial charge on any atom is 0.115 e. The number of rotatable bonds is 4. The molecule has 0 aliphatic rings. The molecule has 14 heavy (non-hydrogen) atoms.